The smallest absolute Gasteiger partial charge is 0.332 e. The zero-order valence-electron chi connectivity index (χ0n) is 9.72. The Morgan fingerprint density at radius 3 is 3.12 bits per heavy atom. The van der Waals surface area contributed by atoms with E-state index in [9.17, 15) is 4.79 Å². The lowest BCUT2D eigenvalue weighted by atomic mass is 10.2. The van der Waals surface area contributed by atoms with Gasteiger partial charge in [0.1, 0.15) is 0 Å². The molecule has 0 aliphatic carbocycles. The molecule has 0 radical (unpaired) electrons. The average Bonchev–Trinajstić information content (AvgIpc) is 2.75. The van der Waals surface area contributed by atoms with Crippen molar-refractivity contribution in [2.75, 3.05) is 11.9 Å². The van der Waals surface area contributed by atoms with Gasteiger partial charge in [-0.05, 0) is 31.9 Å². The van der Waals surface area contributed by atoms with Gasteiger partial charge in [0.15, 0.2) is 6.10 Å². The van der Waals surface area contributed by atoms with E-state index >= 15 is 0 Å². The molecule has 0 aromatic carbocycles. The first-order valence-corrected chi connectivity index (χ1v) is 5.70. The normalized spacial score (nSPS) is 23.6. The number of hydrogen-bond donors (Lipinski definition) is 2. The monoisotopic (exact) mass is 236 g/mol. The Bertz CT molecular complexity index is 408. The number of rotatable bonds is 4. The van der Waals surface area contributed by atoms with Crippen molar-refractivity contribution in [3.05, 3.63) is 24.0 Å². The van der Waals surface area contributed by atoms with E-state index in [4.69, 9.17) is 9.84 Å². The maximum atomic E-state index is 10.7. The van der Waals surface area contributed by atoms with Gasteiger partial charge in [0.2, 0.25) is 0 Å². The van der Waals surface area contributed by atoms with Crippen LogP contribution in [0.3, 0.4) is 0 Å². The van der Waals surface area contributed by atoms with Crippen LogP contribution in [0, 0.1) is 6.92 Å². The average molecular weight is 236 g/mol. The third-order valence-electron chi connectivity index (χ3n) is 2.81. The second-order valence-corrected chi connectivity index (χ2v) is 4.23. The SMILES string of the molecule is Cc1cc(NCC2CCC(C(=O)O)O2)ccn1. The topological polar surface area (TPSA) is 71.5 Å². The number of pyridine rings is 1. The van der Waals surface area contributed by atoms with Crippen LogP contribution in [0.2, 0.25) is 0 Å². The first kappa shape index (κ1) is 11.9. The lowest BCUT2D eigenvalue weighted by Gasteiger charge is -2.13. The molecule has 5 nitrogen and oxygen atoms in total. The van der Waals surface area contributed by atoms with Gasteiger partial charge in [0.25, 0.3) is 0 Å². The Morgan fingerprint density at radius 2 is 2.47 bits per heavy atom. The predicted octanol–water partition coefficient (Wildman–Crippen LogP) is 1.43. The van der Waals surface area contributed by atoms with E-state index in [0.29, 0.717) is 13.0 Å². The van der Waals surface area contributed by atoms with Crippen LogP contribution in [-0.2, 0) is 9.53 Å². The summed E-state index contributed by atoms with van der Waals surface area (Å²) in [5.74, 6) is -0.868. The molecular formula is C12H16N2O3. The number of anilines is 1. The van der Waals surface area contributed by atoms with Gasteiger partial charge in [0, 0.05) is 24.1 Å². The number of aliphatic carboxylic acids is 1. The van der Waals surface area contributed by atoms with Crippen molar-refractivity contribution < 1.29 is 14.6 Å². The molecule has 5 heteroatoms. The molecule has 1 aliphatic heterocycles. The summed E-state index contributed by atoms with van der Waals surface area (Å²) in [4.78, 5) is 14.8. The highest BCUT2D eigenvalue weighted by Crippen LogP contribution is 2.20. The number of carboxylic acid groups (broad SMARTS) is 1. The van der Waals surface area contributed by atoms with E-state index in [0.717, 1.165) is 17.8 Å². The number of nitrogens with one attached hydrogen (secondary N) is 1. The number of nitrogens with zero attached hydrogens (tertiary/aromatic N) is 1. The predicted molar refractivity (Wildman–Crippen MR) is 63.0 cm³/mol. The maximum Gasteiger partial charge on any atom is 0.332 e. The molecule has 2 heterocycles. The Labute approximate surface area is 99.8 Å². The van der Waals surface area contributed by atoms with Crippen molar-refractivity contribution in [1.82, 2.24) is 4.98 Å². The van der Waals surface area contributed by atoms with Crippen molar-refractivity contribution in [3.8, 4) is 0 Å². The van der Waals surface area contributed by atoms with Gasteiger partial charge in [-0.25, -0.2) is 4.79 Å². The van der Waals surface area contributed by atoms with Crippen LogP contribution < -0.4 is 5.32 Å². The molecular weight excluding hydrogens is 220 g/mol. The second-order valence-electron chi connectivity index (χ2n) is 4.23. The van der Waals surface area contributed by atoms with Gasteiger partial charge in [-0.15, -0.1) is 0 Å². The minimum Gasteiger partial charge on any atom is -0.479 e. The zero-order valence-corrected chi connectivity index (χ0v) is 9.72. The van der Waals surface area contributed by atoms with Crippen LogP contribution in [0.5, 0.6) is 0 Å². The van der Waals surface area contributed by atoms with E-state index in [-0.39, 0.29) is 6.10 Å². The Balaban J connectivity index is 1.82. The highest BCUT2D eigenvalue weighted by Gasteiger charge is 2.30. The van der Waals surface area contributed by atoms with Gasteiger partial charge in [-0.3, -0.25) is 4.98 Å². The third-order valence-corrected chi connectivity index (χ3v) is 2.81. The molecule has 1 saturated heterocycles. The fraction of sp³-hybridized carbons (Fsp3) is 0.500. The summed E-state index contributed by atoms with van der Waals surface area (Å²) < 4.78 is 5.40. The van der Waals surface area contributed by atoms with Gasteiger partial charge in [0.05, 0.1) is 6.10 Å². The van der Waals surface area contributed by atoms with E-state index < -0.39 is 12.1 Å². The first-order chi connectivity index (χ1) is 8.15. The summed E-state index contributed by atoms with van der Waals surface area (Å²) in [6.07, 6.45) is 2.46. The lowest BCUT2D eigenvalue weighted by molar-refractivity contribution is -0.149. The molecule has 0 saturated carbocycles. The van der Waals surface area contributed by atoms with Crippen molar-refractivity contribution in [1.29, 1.82) is 0 Å². The van der Waals surface area contributed by atoms with Crippen molar-refractivity contribution >= 4 is 11.7 Å². The summed E-state index contributed by atoms with van der Waals surface area (Å²) in [6.45, 7) is 2.56. The fourth-order valence-electron chi connectivity index (χ4n) is 1.92. The zero-order chi connectivity index (χ0) is 12.3. The van der Waals surface area contributed by atoms with Crippen LogP contribution in [0.25, 0.3) is 0 Å². The number of hydrogen-bond acceptors (Lipinski definition) is 4. The molecule has 0 bridgehead atoms. The fourth-order valence-corrected chi connectivity index (χ4v) is 1.92. The molecule has 1 aromatic heterocycles. The molecule has 1 aliphatic rings. The van der Waals surface area contributed by atoms with Crippen molar-refractivity contribution in [2.45, 2.75) is 32.0 Å². The summed E-state index contributed by atoms with van der Waals surface area (Å²) in [6, 6.07) is 3.83. The van der Waals surface area contributed by atoms with Crippen LogP contribution in [0.4, 0.5) is 5.69 Å². The van der Waals surface area contributed by atoms with E-state index in [1.165, 1.54) is 0 Å². The number of ether oxygens (including phenoxy) is 1. The first-order valence-electron chi connectivity index (χ1n) is 5.70. The number of aryl methyl sites for hydroxylation is 1. The quantitative estimate of drug-likeness (QED) is 0.827. The Hall–Kier alpha value is -1.62. The van der Waals surface area contributed by atoms with Gasteiger partial charge in [-0.1, -0.05) is 0 Å². The Morgan fingerprint density at radius 1 is 1.65 bits per heavy atom. The number of aromatic nitrogens is 1. The summed E-state index contributed by atoms with van der Waals surface area (Å²) in [5, 5.41) is 12.0. The van der Waals surface area contributed by atoms with Crippen LogP contribution in [-0.4, -0.2) is 34.8 Å². The van der Waals surface area contributed by atoms with Crippen molar-refractivity contribution in [3.63, 3.8) is 0 Å². The number of carbonyl (C=O) groups is 1. The largest absolute Gasteiger partial charge is 0.479 e. The molecule has 2 rings (SSSR count). The standard InChI is InChI=1S/C12H16N2O3/c1-8-6-9(4-5-13-8)14-7-10-2-3-11(17-10)12(15)16/h4-6,10-11H,2-3,7H2,1H3,(H,13,14)(H,15,16). The van der Waals surface area contributed by atoms with E-state index in [1.54, 1.807) is 6.20 Å². The third kappa shape index (κ3) is 3.17. The van der Waals surface area contributed by atoms with Gasteiger partial charge < -0.3 is 15.2 Å². The number of carboxylic acids is 1. The Kier molecular flexibility index (Phi) is 3.58. The highest BCUT2D eigenvalue weighted by molar-refractivity contribution is 5.72. The molecule has 0 spiro atoms. The molecule has 17 heavy (non-hydrogen) atoms. The molecule has 0 amide bonds. The minimum atomic E-state index is -0.868. The minimum absolute atomic E-state index is 0.0235. The highest BCUT2D eigenvalue weighted by atomic mass is 16.5. The van der Waals surface area contributed by atoms with Gasteiger partial charge in [-0.2, -0.15) is 0 Å². The summed E-state index contributed by atoms with van der Waals surface area (Å²) >= 11 is 0. The van der Waals surface area contributed by atoms with Gasteiger partial charge >= 0.3 is 5.97 Å². The van der Waals surface area contributed by atoms with Crippen LogP contribution in [0.15, 0.2) is 18.3 Å². The van der Waals surface area contributed by atoms with Crippen LogP contribution in [0.1, 0.15) is 18.5 Å². The van der Waals surface area contributed by atoms with Crippen molar-refractivity contribution in [2.24, 2.45) is 0 Å². The molecule has 2 unspecified atom stereocenters. The molecule has 92 valence electrons. The lowest BCUT2D eigenvalue weighted by Crippen LogP contribution is -2.24. The van der Waals surface area contributed by atoms with E-state index in [1.807, 2.05) is 19.1 Å². The van der Waals surface area contributed by atoms with Crippen LogP contribution >= 0.6 is 0 Å². The second kappa shape index (κ2) is 5.14. The molecule has 2 atom stereocenters. The molecule has 2 N–H and O–H groups in total. The maximum absolute atomic E-state index is 10.7. The molecule has 1 fully saturated rings. The van der Waals surface area contributed by atoms with E-state index in [2.05, 4.69) is 10.3 Å². The molecule has 1 aromatic rings. The summed E-state index contributed by atoms with van der Waals surface area (Å²) in [5.41, 5.74) is 1.94. The summed E-state index contributed by atoms with van der Waals surface area (Å²) in [7, 11) is 0.